The van der Waals surface area contributed by atoms with Gasteiger partial charge in [0.15, 0.2) is 0 Å². The van der Waals surface area contributed by atoms with E-state index in [-0.39, 0.29) is 5.56 Å². The Morgan fingerprint density at radius 2 is 2.42 bits per heavy atom. The van der Waals surface area contributed by atoms with Crippen molar-refractivity contribution in [1.29, 1.82) is 0 Å². The van der Waals surface area contributed by atoms with Gasteiger partial charge in [0.2, 0.25) is 0 Å². The first-order valence-electron chi connectivity index (χ1n) is 4.21. The number of nitrogens with one attached hydrogen (secondary N) is 2. The van der Waals surface area contributed by atoms with Crippen molar-refractivity contribution in [3.05, 3.63) is 22.1 Å². The van der Waals surface area contributed by atoms with Crippen LogP contribution in [0.2, 0.25) is 0 Å². The van der Waals surface area contributed by atoms with Crippen molar-refractivity contribution in [2.75, 3.05) is 13.6 Å². The van der Waals surface area contributed by atoms with E-state index < -0.39 is 0 Å². The van der Waals surface area contributed by atoms with Crippen molar-refractivity contribution in [1.82, 2.24) is 15.1 Å². The largest absolute Gasteiger partial charge is 0.319 e. The van der Waals surface area contributed by atoms with Gasteiger partial charge >= 0.3 is 0 Å². The second-order valence-corrected chi connectivity index (χ2v) is 2.72. The molecule has 0 bridgehead atoms. The lowest BCUT2D eigenvalue weighted by molar-refractivity contribution is 0.623. The van der Waals surface area contributed by atoms with Crippen molar-refractivity contribution < 1.29 is 0 Å². The molecule has 0 atom stereocenters. The zero-order valence-corrected chi connectivity index (χ0v) is 7.55. The van der Waals surface area contributed by atoms with E-state index in [4.69, 9.17) is 0 Å². The van der Waals surface area contributed by atoms with Gasteiger partial charge in [0.1, 0.15) is 0 Å². The van der Waals surface area contributed by atoms with E-state index in [1.807, 2.05) is 14.0 Å². The Morgan fingerprint density at radius 1 is 1.67 bits per heavy atom. The minimum Gasteiger partial charge on any atom is -0.319 e. The number of aryl methyl sites for hydroxylation is 1. The van der Waals surface area contributed by atoms with Gasteiger partial charge in [0.05, 0.1) is 0 Å². The number of aromatic amines is 1. The highest BCUT2D eigenvalue weighted by molar-refractivity contribution is 4.99. The van der Waals surface area contributed by atoms with Crippen molar-refractivity contribution >= 4 is 0 Å². The molecule has 1 rings (SSSR count). The molecular weight excluding hydrogens is 154 g/mol. The number of nitrogens with zero attached hydrogens (tertiary/aromatic N) is 1. The maximum Gasteiger partial charge on any atom is 0.266 e. The summed E-state index contributed by atoms with van der Waals surface area (Å²) < 4.78 is 1.60. The SMILES string of the molecule is CCn1[nH]c(CCNC)cc1=O. The second-order valence-electron chi connectivity index (χ2n) is 2.72. The fourth-order valence-electron chi connectivity index (χ4n) is 1.11. The van der Waals surface area contributed by atoms with E-state index in [1.165, 1.54) is 0 Å². The van der Waals surface area contributed by atoms with Gasteiger partial charge in [-0.25, -0.2) is 0 Å². The summed E-state index contributed by atoms with van der Waals surface area (Å²) >= 11 is 0. The molecule has 0 aliphatic carbocycles. The Labute approximate surface area is 71.6 Å². The molecule has 0 saturated heterocycles. The third-order valence-corrected chi connectivity index (χ3v) is 1.80. The van der Waals surface area contributed by atoms with Crippen LogP contribution in [0, 0.1) is 0 Å². The number of H-pyrrole nitrogens is 1. The van der Waals surface area contributed by atoms with Crippen molar-refractivity contribution in [3.63, 3.8) is 0 Å². The molecule has 0 saturated carbocycles. The topological polar surface area (TPSA) is 49.8 Å². The molecule has 0 aliphatic heterocycles. The number of rotatable bonds is 4. The molecule has 2 N–H and O–H groups in total. The van der Waals surface area contributed by atoms with Crippen LogP contribution < -0.4 is 10.9 Å². The fourth-order valence-corrected chi connectivity index (χ4v) is 1.11. The maximum absolute atomic E-state index is 11.1. The van der Waals surface area contributed by atoms with Gasteiger partial charge < -0.3 is 5.32 Å². The van der Waals surface area contributed by atoms with Gasteiger partial charge in [0.25, 0.3) is 5.56 Å². The number of hydrogen-bond donors (Lipinski definition) is 2. The van der Waals surface area contributed by atoms with E-state index in [2.05, 4.69) is 10.4 Å². The summed E-state index contributed by atoms with van der Waals surface area (Å²) in [6.45, 7) is 3.54. The highest BCUT2D eigenvalue weighted by atomic mass is 16.1. The van der Waals surface area contributed by atoms with Crippen LogP contribution in [0.5, 0.6) is 0 Å². The van der Waals surface area contributed by atoms with Crippen molar-refractivity contribution in [3.8, 4) is 0 Å². The predicted molar refractivity (Wildman–Crippen MR) is 48.4 cm³/mol. The van der Waals surface area contributed by atoms with Crippen LogP contribution in [0.25, 0.3) is 0 Å². The van der Waals surface area contributed by atoms with Crippen LogP contribution in [0.4, 0.5) is 0 Å². The summed E-state index contributed by atoms with van der Waals surface area (Å²) in [6.07, 6.45) is 0.874. The molecule has 4 nitrogen and oxygen atoms in total. The molecule has 0 aromatic carbocycles. The molecule has 4 heteroatoms. The first-order chi connectivity index (χ1) is 5.77. The standard InChI is InChI=1S/C8H15N3O/c1-3-11-8(12)6-7(10-11)4-5-9-2/h6,9-10H,3-5H2,1-2H3. The molecule has 0 aliphatic rings. The highest BCUT2D eigenvalue weighted by Crippen LogP contribution is 1.90. The molecule has 1 aromatic rings. The Bertz CT molecular complexity index is 287. The lowest BCUT2D eigenvalue weighted by atomic mass is 10.3. The molecule has 1 aromatic heterocycles. The van der Waals surface area contributed by atoms with Crippen molar-refractivity contribution in [2.24, 2.45) is 0 Å². The Morgan fingerprint density at radius 3 is 2.92 bits per heavy atom. The van der Waals surface area contributed by atoms with E-state index in [0.717, 1.165) is 18.7 Å². The summed E-state index contributed by atoms with van der Waals surface area (Å²) in [5, 5.41) is 6.06. The second kappa shape index (κ2) is 4.11. The summed E-state index contributed by atoms with van der Waals surface area (Å²) in [4.78, 5) is 11.1. The average molecular weight is 169 g/mol. The zero-order chi connectivity index (χ0) is 8.97. The lowest BCUT2D eigenvalue weighted by Crippen LogP contribution is -2.14. The number of hydrogen-bond acceptors (Lipinski definition) is 2. The summed E-state index contributed by atoms with van der Waals surface area (Å²) in [5.41, 5.74) is 1.06. The Balaban J connectivity index is 2.69. The van der Waals surface area contributed by atoms with E-state index in [1.54, 1.807) is 10.7 Å². The monoisotopic (exact) mass is 169 g/mol. The normalized spacial score (nSPS) is 10.5. The molecule has 0 fully saturated rings. The van der Waals surface area contributed by atoms with E-state index in [9.17, 15) is 4.79 Å². The molecule has 12 heavy (non-hydrogen) atoms. The minimum absolute atomic E-state index is 0.0589. The van der Waals surface area contributed by atoms with Crippen LogP contribution in [-0.2, 0) is 13.0 Å². The van der Waals surface area contributed by atoms with Crippen LogP contribution in [0.15, 0.2) is 10.9 Å². The third kappa shape index (κ3) is 1.98. The molecule has 1 heterocycles. The highest BCUT2D eigenvalue weighted by Gasteiger charge is 1.99. The van der Waals surface area contributed by atoms with Crippen LogP contribution >= 0.6 is 0 Å². The lowest BCUT2D eigenvalue weighted by Gasteiger charge is -1.96. The van der Waals surface area contributed by atoms with Gasteiger partial charge in [-0.2, -0.15) is 0 Å². The van der Waals surface area contributed by atoms with Gasteiger partial charge in [-0.3, -0.25) is 14.6 Å². The molecule has 0 radical (unpaired) electrons. The minimum atomic E-state index is 0.0589. The first-order valence-corrected chi connectivity index (χ1v) is 4.21. The smallest absolute Gasteiger partial charge is 0.266 e. The third-order valence-electron chi connectivity index (χ3n) is 1.80. The van der Waals surface area contributed by atoms with E-state index >= 15 is 0 Å². The van der Waals surface area contributed by atoms with Crippen LogP contribution in [-0.4, -0.2) is 23.4 Å². The van der Waals surface area contributed by atoms with Gasteiger partial charge in [-0.15, -0.1) is 0 Å². The Kier molecular flexibility index (Phi) is 3.10. The van der Waals surface area contributed by atoms with Crippen molar-refractivity contribution in [2.45, 2.75) is 19.9 Å². The quantitative estimate of drug-likeness (QED) is 0.664. The molecule has 0 unspecified atom stereocenters. The molecule has 0 amide bonds. The summed E-state index contributed by atoms with van der Waals surface area (Å²) in [7, 11) is 1.90. The average Bonchev–Trinajstić information content (AvgIpc) is 2.43. The van der Waals surface area contributed by atoms with E-state index in [0.29, 0.717) is 6.54 Å². The number of likely N-dealkylation sites (N-methyl/N-ethyl adjacent to an activating group) is 1. The summed E-state index contributed by atoms with van der Waals surface area (Å²) in [6, 6.07) is 1.65. The number of aromatic nitrogens is 2. The molecular formula is C8H15N3O. The summed E-state index contributed by atoms with van der Waals surface area (Å²) in [5.74, 6) is 0. The molecule has 68 valence electrons. The van der Waals surface area contributed by atoms with Gasteiger partial charge in [-0.05, 0) is 14.0 Å². The first kappa shape index (κ1) is 9.06. The van der Waals surface area contributed by atoms with Crippen LogP contribution in [0.3, 0.4) is 0 Å². The fraction of sp³-hybridized carbons (Fsp3) is 0.625. The zero-order valence-electron chi connectivity index (χ0n) is 7.55. The Hall–Kier alpha value is -1.03. The molecule has 0 spiro atoms. The predicted octanol–water partition coefficient (Wildman–Crippen LogP) is -0.0418. The van der Waals surface area contributed by atoms with Gasteiger partial charge in [0, 0.05) is 31.3 Å². The maximum atomic E-state index is 11.1. The van der Waals surface area contributed by atoms with Gasteiger partial charge in [-0.1, -0.05) is 0 Å². The van der Waals surface area contributed by atoms with Crippen LogP contribution in [0.1, 0.15) is 12.6 Å².